The number of carboxylic acid groups (broad SMARTS) is 1. The molecule has 1 aromatic heterocycles. The number of carbonyl (C=O) groups excluding carboxylic acids is 1. The highest BCUT2D eigenvalue weighted by Gasteiger charge is 2.27. The van der Waals surface area contributed by atoms with E-state index in [-0.39, 0.29) is 11.6 Å². The van der Waals surface area contributed by atoms with Gasteiger partial charge in [0.2, 0.25) is 0 Å². The monoisotopic (exact) mass is 517 g/mol. The molecule has 1 aliphatic rings. The smallest absolute Gasteiger partial charge is 0.339 e. The molecule has 3 aromatic rings. The van der Waals surface area contributed by atoms with Crippen molar-refractivity contribution in [2.75, 3.05) is 22.1 Å². The van der Waals surface area contributed by atoms with Crippen molar-refractivity contribution < 1.29 is 19.1 Å². The zero-order valence-electron chi connectivity index (χ0n) is 23.1. The van der Waals surface area contributed by atoms with Gasteiger partial charge in [0.05, 0.1) is 11.4 Å². The van der Waals surface area contributed by atoms with Crippen LogP contribution in [0, 0.1) is 26.7 Å². The molecule has 0 saturated heterocycles. The topological polar surface area (TPSA) is 94.8 Å². The fourth-order valence-electron chi connectivity index (χ4n) is 5.55. The number of para-hydroxylation sites is 1. The normalized spacial score (nSPS) is 13.9. The Balaban J connectivity index is 1.79. The van der Waals surface area contributed by atoms with E-state index in [1.54, 1.807) is 13.8 Å². The summed E-state index contributed by atoms with van der Waals surface area (Å²) < 4.78 is 5.71. The van der Waals surface area contributed by atoms with Gasteiger partial charge < -0.3 is 25.1 Å². The average molecular weight is 518 g/mol. The first-order valence-corrected chi connectivity index (χ1v) is 13.5. The molecule has 0 bridgehead atoms. The SMILES string of the molecule is Cc1ccccc1NC(=O)Nc1cc(-c2c(C)oc(C)c2C(=O)O)ccc1N(CC(C)C)C1CCCCC1. The number of aryl methyl sites for hydroxylation is 3. The number of carbonyl (C=O) groups is 2. The maximum atomic E-state index is 13.2. The molecule has 0 spiro atoms. The van der Waals surface area contributed by atoms with Gasteiger partial charge in [0.15, 0.2) is 0 Å². The van der Waals surface area contributed by atoms with Crippen LogP contribution in [0.2, 0.25) is 0 Å². The number of aromatic carboxylic acids is 1. The van der Waals surface area contributed by atoms with Crippen LogP contribution in [0.25, 0.3) is 11.1 Å². The zero-order valence-corrected chi connectivity index (χ0v) is 23.1. The van der Waals surface area contributed by atoms with Gasteiger partial charge in [-0.3, -0.25) is 0 Å². The second-order valence-corrected chi connectivity index (χ2v) is 10.7. The third-order valence-electron chi connectivity index (χ3n) is 7.29. The molecule has 1 heterocycles. The molecule has 1 fully saturated rings. The first-order chi connectivity index (χ1) is 18.2. The Morgan fingerprint density at radius 3 is 2.32 bits per heavy atom. The van der Waals surface area contributed by atoms with E-state index in [1.807, 2.05) is 49.4 Å². The number of benzene rings is 2. The minimum atomic E-state index is -1.03. The Hall–Kier alpha value is -3.74. The summed E-state index contributed by atoms with van der Waals surface area (Å²) in [7, 11) is 0. The van der Waals surface area contributed by atoms with Crippen LogP contribution >= 0.6 is 0 Å². The number of furan rings is 1. The molecule has 2 amide bonds. The molecule has 7 heteroatoms. The predicted octanol–water partition coefficient (Wildman–Crippen LogP) is 8.01. The molecule has 7 nitrogen and oxygen atoms in total. The van der Waals surface area contributed by atoms with Crippen molar-refractivity contribution in [1.82, 2.24) is 0 Å². The Bertz CT molecular complexity index is 1300. The Labute approximate surface area is 225 Å². The Morgan fingerprint density at radius 1 is 0.974 bits per heavy atom. The van der Waals surface area contributed by atoms with Crippen LogP contribution in [0.15, 0.2) is 46.9 Å². The highest BCUT2D eigenvalue weighted by atomic mass is 16.4. The van der Waals surface area contributed by atoms with Gasteiger partial charge in [-0.2, -0.15) is 0 Å². The minimum Gasteiger partial charge on any atom is -0.478 e. The van der Waals surface area contributed by atoms with Crippen molar-refractivity contribution in [2.24, 2.45) is 5.92 Å². The molecule has 202 valence electrons. The largest absolute Gasteiger partial charge is 0.478 e. The summed E-state index contributed by atoms with van der Waals surface area (Å²) in [5.74, 6) is 0.301. The van der Waals surface area contributed by atoms with Crippen LogP contribution < -0.4 is 15.5 Å². The maximum Gasteiger partial charge on any atom is 0.339 e. The van der Waals surface area contributed by atoms with Crippen molar-refractivity contribution in [3.05, 3.63) is 65.1 Å². The van der Waals surface area contributed by atoms with Crippen molar-refractivity contribution >= 4 is 29.1 Å². The second kappa shape index (κ2) is 11.8. The van der Waals surface area contributed by atoms with E-state index in [0.717, 1.165) is 36.3 Å². The van der Waals surface area contributed by atoms with Crippen molar-refractivity contribution in [3.8, 4) is 11.1 Å². The standard InChI is InChI=1S/C31H39N3O4/c1-19(2)18-34(24-12-7-6-8-13-24)27-16-15-23(28-21(4)38-22(5)29(28)30(35)36)17-26(27)33-31(37)32-25-14-10-9-11-20(25)3/h9-11,14-17,19,24H,6-8,12-13,18H2,1-5H3,(H,35,36)(H2,32,33,37). The third-order valence-corrected chi connectivity index (χ3v) is 7.29. The molecule has 38 heavy (non-hydrogen) atoms. The fraction of sp³-hybridized carbons (Fsp3) is 0.419. The average Bonchev–Trinajstić information content (AvgIpc) is 3.18. The first kappa shape index (κ1) is 27.3. The van der Waals surface area contributed by atoms with E-state index in [4.69, 9.17) is 4.42 Å². The summed E-state index contributed by atoms with van der Waals surface area (Å²) >= 11 is 0. The number of rotatable bonds is 8. The number of anilines is 3. The van der Waals surface area contributed by atoms with E-state index >= 15 is 0 Å². The maximum absolute atomic E-state index is 13.2. The number of hydrogen-bond acceptors (Lipinski definition) is 4. The van der Waals surface area contributed by atoms with Gasteiger partial charge in [-0.15, -0.1) is 0 Å². The lowest BCUT2D eigenvalue weighted by Gasteiger charge is -2.38. The highest BCUT2D eigenvalue weighted by Crippen LogP contribution is 2.39. The molecule has 4 rings (SSSR count). The van der Waals surface area contributed by atoms with E-state index in [1.165, 1.54) is 19.3 Å². The lowest BCUT2D eigenvalue weighted by atomic mass is 9.92. The van der Waals surface area contributed by atoms with Gasteiger partial charge in [-0.05, 0) is 68.9 Å². The molecule has 0 unspecified atom stereocenters. The van der Waals surface area contributed by atoms with Gasteiger partial charge in [-0.1, -0.05) is 57.4 Å². The summed E-state index contributed by atoms with van der Waals surface area (Å²) in [6.45, 7) is 10.7. The molecule has 1 saturated carbocycles. The number of nitrogens with zero attached hydrogens (tertiary/aromatic N) is 1. The van der Waals surface area contributed by atoms with E-state index < -0.39 is 5.97 Å². The molecular formula is C31H39N3O4. The second-order valence-electron chi connectivity index (χ2n) is 10.7. The molecule has 0 atom stereocenters. The molecule has 1 aliphatic carbocycles. The Kier molecular flexibility index (Phi) is 8.45. The van der Waals surface area contributed by atoms with E-state index in [9.17, 15) is 14.7 Å². The molecule has 3 N–H and O–H groups in total. The first-order valence-electron chi connectivity index (χ1n) is 13.5. The van der Waals surface area contributed by atoms with Gasteiger partial charge in [0, 0.05) is 23.8 Å². The van der Waals surface area contributed by atoms with Crippen molar-refractivity contribution in [3.63, 3.8) is 0 Å². The minimum absolute atomic E-state index is 0.150. The number of nitrogens with one attached hydrogen (secondary N) is 2. The van der Waals surface area contributed by atoms with Gasteiger partial charge in [0.25, 0.3) is 0 Å². The van der Waals surface area contributed by atoms with Crippen molar-refractivity contribution in [2.45, 2.75) is 72.8 Å². The number of amides is 2. The van der Waals surface area contributed by atoms with Crippen LogP contribution in [-0.4, -0.2) is 29.7 Å². The molecule has 0 radical (unpaired) electrons. The fourth-order valence-corrected chi connectivity index (χ4v) is 5.55. The molecule has 2 aromatic carbocycles. The number of hydrogen-bond donors (Lipinski definition) is 3. The third kappa shape index (κ3) is 6.04. The van der Waals surface area contributed by atoms with Crippen molar-refractivity contribution in [1.29, 1.82) is 0 Å². The van der Waals surface area contributed by atoms with E-state index in [0.29, 0.717) is 40.3 Å². The van der Waals surface area contributed by atoms with Gasteiger partial charge in [-0.25, -0.2) is 9.59 Å². The number of carboxylic acids is 1. The summed E-state index contributed by atoms with van der Waals surface area (Å²) in [4.78, 5) is 27.8. The predicted molar refractivity (Wildman–Crippen MR) is 153 cm³/mol. The molecule has 0 aliphatic heterocycles. The highest BCUT2D eigenvalue weighted by molar-refractivity contribution is 6.04. The summed E-state index contributed by atoms with van der Waals surface area (Å²) in [6, 6.07) is 13.5. The van der Waals surface area contributed by atoms with Crippen LogP contribution in [0.1, 0.15) is 73.4 Å². The van der Waals surface area contributed by atoms with Crippen LogP contribution in [-0.2, 0) is 0 Å². The quantitative estimate of drug-likeness (QED) is 0.281. The van der Waals surface area contributed by atoms with Crippen LogP contribution in [0.5, 0.6) is 0 Å². The zero-order chi connectivity index (χ0) is 27.4. The summed E-state index contributed by atoms with van der Waals surface area (Å²) in [5, 5.41) is 16.0. The number of urea groups is 1. The lowest BCUT2D eigenvalue weighted by Crippen LogP contribution is -2.40. The summed E-state index contributed by atoms with van der Waals surface area (Å²) in [6.07, 6.45) is 5.89. The lowest BCUT2D eigenvalue weighted by molar-refractivity contribution is 0.0695. The van der Waals surface area contributed by atoms with Gasteiger partial charge in [0.1, 0.15) is 17.1 Å². The van der Waals surface area contributed by atoms with Crippen LogP contribution in [0.4, 0.5) is 21.9 Å². The summed E-state index contributed by atoms with van der Waals surface area (Å²) in [5.41, 5.74) is 4.69. The van der Waals surface area contributed by atoms with Gasteiger partial charge >= 0.3 is 12.0 Å². The van der Waals surface area contributed by atoms with Crippen LogP contribution in [0.3, 0.4) is 0 Å². The molecular weight excluding hydrogens is 478 g/mol. The Morgan fingerprint density at radius 2 is 1.66 bits per heavy atom. The van der Waals surface area contributed by atoms with E-state index in [2.05, 4.69) is 29.4 Å².